The first-order chi connectivity index (χ1) is 12.4. The van der Waals surface area contributed by atoms with Crippen LogP contribution in [0.25, 0.3) is 0 Å². The minimum atomic E-state index is -3.75. The van der Waals surface area contributed by atoms with E-state index in [0.717, 1.165) is 18.7 Å². The fourth-order valence-electron chi connectivity index (χ4n) is 2.79. The lowest BCUT2D eigenvalue weighted by atomic mass is 10.1. The summed E-state index contributed by atoms with van der Waals surface area (Å²) in [5.41, 5.74) is 1.74. The summed E-state index contributed by atoms with van der Waals surface area (Å²) >= 11 is 0. The minimum Gasteiger partial charge on any atom is -0.496 e. The van der Waals surface area contributed by atoms with Crippen molar-refractivity contribution < 1.29 is 17.9 Å². The second kappa shape index (κ2) is 7.46. The fraction of sp³-hybridized carbons (Fsp3) is 0.412. The summed E-state index contributed by atoms with van der Waals surface area (Å²) in [5.74, 6) is 1.22. The topological polar surface area (TPSA) is 93.7 Å². The van der Waals surface area contributed by atoms with Crippen molar-refractivity contribution >= 4 is 21.7 Å². The average Bonchev–Trinajstić information content (AvgIpc) is 2.65. The molecule has 1 fully saturated rings. The molecule has 140 valence electrons. The summed E-state index contributed by atoms with van der Waals surface area (Å²) < 4.78 is 38.5. The molecule has 2 aromatic rings. The summed E-state index contributed by atoms with van der Waals surface area (Å²) in [5, 5.41) is 0. The van der Waals surface area contributed by atoms with Crippen molar-refractivity contribution in [1.29, 1.82) is 0 Å². The Bertz CT molecular complexity index is 878. The Balaban J connectivity index is 1.80. The maximum atomic E-state index is 12.7. The molecular weight excluding hydrogens is 356 g/mol. The standard InChI is InChI=1S/C17H22N4O4S/c1-12-13(2)16(5-4-15(12)24-3)26(22,23)20-14-10-18-17(19-11-14)21-6-8-25-9-7-21/h4-5,10-11,20H,6-9H2,1-3H3. The fourth-order valence-corrected chi connectivity index (χ4v) is 4.12. The number of nitrogens with zero attached hydrogens (tertiary/aromatic N) is 3. The molecule has 1 N–H and O–H groups in total. The Labute approximate surface area is 153 Å². The van der Waals surface area contributed by atoms with Crippen LogP contribution in [-0.4, -0.2) is 51.8 Å². The molecule has 9 heteroatoms. The first-order valence-electron chi connectivity index (χ1n) is 8.24. The number of anilines is 2. The van der Waals surface area contributed by atoms with Crippen molar-refractivity contribution in [3.05, 3.63) is 35.7 Å². The summed E-state index contributed by atoms with van der Waals surface area (Å²) in [6, 6.07) is 3.18. The van der Waals surface area contributed by atoms with Crippen LogP contribution >= 0.6 is 0 Å². The van der Waals surface area contributed by atoms with E-state index in [2.05, 4.69) is 14.7 Å². The molecule has 1 aliphatic heterocycles. The Kier molecular flexibility index (Phi) is 5.28. The van der Waals surface area contributed by atoms with Crippen LogP contribution in [0.1, 0.15) is 11.1 Å². The van der Waals surface area contributed by atoms with Gasteiger partial charge in [-0.25, -0.2) is 18.4 Å². The largest absolute Gasteiger partial charge is 0.496 e. The highest BCUT2D eigenvalue weighted by Crippen LogP contribution is 2.28. The first-order valence-corrected chi connectivity index (χ1v) is 9.72. The number of sulfonamides is 1. The number of rotatable bonds is 5. The maximum Gasteiger partial charge on any atom is 0.262 e. The van der Waals surface area contributed by atoms with Gasteiger partial charge in [-0.3, -0.25) is 4.72 Å². The molecule has 0 spiro atoms. The zero-order valence-corrected chi connectivity index (χ0v) is 15.8. The predicted molar refractivity (Wildman–Crippen MR) is 98.3 cm³/mol. The summed E-state index contributed by atoms with van der Waals surface area (Å²) in [7, 11) is -2.19. The molecule has 1 saturated heterocycles. The van der Waals surface area contributed by atoms with Gasteiger partial charge in [-0.1, -0.05) is 0 Å². The summed E-state index contributed by atoms with van der Waals surface area (Å²) in [4.78, 5) is 10.7. The number of hydrogen-bond donors (Lipinski definition) is 1. The van der Waals surface area contributed by atoms with Gasteiger partial charge in [0.1, 0.15) is 5.75 Å². The highest BCUT2D eigenvalue weighted by Gasteiger charge is 2.20. The van der Waals surface area contributed by atoms with Gasteiger partial charge < -0.3 is 14.4 Å². The van der Waals surface area contributed by atoms with Crippen LogP contribution in [0.4, 0.5) is 11.6 Å². The van der Waals surface area contributed by atoms with E-state index >= 15 is 0 Å². The molecule has 26 heavy (non-hydrogen) atoms. The van der Waals surface area contributed by atoms with Gasteiger partial charge in [-0.2, -0.15) is 0 Å². The van der Waals surface area contributed by atoms with Crippen molar-refractivity contribution in [2.24, 2.45) is 0 Å². The third-order valence-corrected chi connectivity index (χ3v) is 5.91. The Hall–Kier alpha value is -2.39. The first kappa shape index (κ1) is 18.4. The van der Waals surface area contributed by atoms with Crippen LogP contribution in [0.5, 0.6) is 5.75 Å². The van der Waals surface area contributed by atoms with Gasteiger partial charge in [-0.05, 0) is 37.1 Å². The maximum absolute atomic E-state index is 12.7. The Morgan fingerprint density at radius 1 is 1.12 bits per heavy atom. The minimum absolute atomic E-state index is 0.202. The van der Waals surface area contributed by atoms with Crippen LogP contribution in [0.3, 0.4) is 0 Å². The van der Waals surface area contributed by atoms with Gasteiger partial charge in [0.15, 0.2) is 0 Å². The number of benzene rings is 1. The van der Waals surface area contributed by atoms with Gasteiger partial charge in [0, 0.05) is 13.1 Å². The molecule has 0 aliphatic carbocycles. The van der Waals surface area contributed by atoms with Crippen LogP contribution < -0.4 is 14.4 Å². The Morgan fingerprint density at radius 2 is 1.77 bits per heavy atom. The monoisotopic (exact) mass is 378 g/mol. The number of aromatic nitrogens is 2. The molecule has 1 aromatic carbocycles. The molecule has 3 rings (SSSR count). The smallest absolute Gasteiger partial charge is 0.262 e. The van der Waals surface area contributed by atoms with Crippen molar-refractivity contribution in [2.75, 3.05) is 43.0 Å². The lowest BCUT2D eigenvalue weighted by Gasteiger charge is -2.26. The van der Waals surface area contributed by atoms with Crippen LogP contribution in [0.15, 0.2) is 29.4 Å². The van der Waals surface area contributed by atoms with Gasteiger partial charge in [-0.15, -0.1) is 0 Å². The zero-order valence-electron chi connectivity index (χ0n) is 15.0. The molecule has 0 unspecified atom stereocenters. The third kappa shape index (κ3) is 3.73. The molecule has 0 saturated carbocycles. The lowest BCUT2D eigenvalue weighted by molar-refractivity contribution is 0.122. The summed E-state index contributed by atoms with van der Waals surface area (Å²) in [6.45, 7) is 6.28. The highest BCUT2D eigenvalue weighted by atomic mass is 32.2. The van der Waals surface area contributed by atoms with Gasteiger partial charge in [0.2, 0.25) is 5.95 Å². The molecule has 8 nitrogen and oxygen atoms in total. The van der Waals surface area contributed by atoms with Crippen molar-refractivity contribution in [2.45, 2.75) is 18.7 Å². The molecule has 0 bridgehead atoms. The summed E-state index contributed by atoms with van der Waals surface area (Å²) in [6.07, 6.45) is 2.95. The van der Waals surface area contributed by atoms with E-state index in [9.17, 15) is 8.42 Å². The normalized spacial score (nSPS) is 15.0. The van der Waals surface area contributed by atoms with Crippen LogP contribution in [0.2, 0.25) is 0 Å². The third-order valence-electron chi connectivity index (χ3n) is 4.38. The average molecular weight is 378 g/mol. The quantitative estimate of drug-likeness (QED) is 0.847. The number of morpholine rings is 1. The molecular formula is C17H22N4O4S. The second-order valence-electron chi connectivity index (χ2n) is 5.99. The molecule has 0 atom stereocenters. The lowest BCUT2D eigenvalue weighted by Crippen LogP contribution is -2.37. The van der Waals surface area contributed by atoms with E-state index in [4.69, 9.17) is 9.47 Å². The van der Waals surface area contributed by atoms with Crippen LogP contribution in [-0.2, 0) is 14.8 Å². The van der Waals surface area contributed by atoms with E-state index in [1.807, 2.05) is 11.8 Å². The zero-order chi connectivity index (χ0) is 18.7. The number of nitrogens with one attached hydrogen (secondary N) is 1. The predicted octanol–water partition coefficient (Wildman–Crippen LogP) is 1.74. The molecule has 0 amide bonds. The van der Waals surface area contributed by atoms with Crippen LogP contribution in [0, 0.1) is 13.8 Å². The van der Waals surface area contributed by atoms with E-state index in [1.54, 1.807) is 20.1 Å². The Morgan fingerprint density at radius 3 is 2.38 bits per heavy atom. The molecule has 1 aliphatic rings. The second-order valence-corrected chi connectivity index (χ2v) is 7.64. The number of methoxy groups -OCH3 is 1. The van der Waals surface area contributed by atoms with Gasteiger partial charge in [0.05, 0.1) is 43.3 Å². The highest BCUT2D eigenvalue weighted by molar-refractivity contribution is 7.92. The van der Waals surface area contributed by atoms with E-state index < -0.39 is 10.0 Å². The van der Waals surface area contributed by atoms with Gasteiger partial charge >= 0.3 is 0 Å². The van der Waals surface area contributed by atoms with Crippen molar-refractivity contribution in [3.63, 3.8) is 0 Å². The van der Waals surface area contributed by atoms with E-state index in [1.165, 1.54) is 18.5 Å². The van der Waals surface area contributed by atoms with Crippen molar-refractivity contribution in [3.8, 4) is 5.75 Å². The van der Waals surface area contributed by atoms with Crippen molar-refractivity contribution in [1.82, 2.24) is 9.97 Å². The SMILES string of the molecule is COc1ccc(S(=O)(=O)Nc2cnc(N3CCOCC3)nc2)c(C)c1C. The number of hydrogen-bond acceptors (Lipinski definition) is 7. The van der Waals surface area contributed by atoms with E-state index in [0.29, 0.717) is 36.2 Å². The van der Waals surface area contributed by atoms with E-state index in [-0.39, 0.29) is 4.90 Å². The molecule has 1 aromatic heterocycles. The van der Waals surface area contributed by atoms with Gasteiger partial charge in [0.25, 0.3) is 10.0 Å². The molecule has 0 radical (unpaired) electrons. The number of ether oxygens (including phenoxy) is 2. The molecule has 2 heterocycles.